The van der Waals surface area contributed by atoms with Crippen molar-refractivity contribution < 1.29 is 0 Å². The summed E-state index contributed by atoms with van der Waals surface area (Å²) < 4.78 is 0.141. The molecule has 0 aliphatic carbocycles. The van der Waals surface area contributed by atoms with Gasteiger partial charge in [-0.2, -0.15) is 11.8 Å². The molecule has 3 N–H and O–H groups in total. The van der Waals surface area contributed by atoms with Crippen LogP contribution in [0.3, 0.4) is 0 Å². The molecule has 0 fully saturated rings. The van der Waals surface area contributed by atoms with Crippen LogP contribution in [0.4, 0.5) is 5.95 Å². The van der Waals surface area contributed by atoms with Crippen molar-refractivity contribution in [2.24, 2.45) is 5.73 Å². The molecule has 0 aliphatic heterocycles. The van der Waals surface area contributed by atoms with Crippen LogP contribution in [-0.4, -0.2) is 32.5 Å². The number of nitrogens with one attached hydrogen (secondary N) is 1. The first-order valence-corrected chi connectivity index (χ1v) is 6.50. The summed E-state index contributed by atoms with van der Waals surface area (Å²) >= 11 is 6.65. The molecule has 0 aliphatic rings. The van der Waals surface area contributed by atoms with Gasteiger partial charge < -0.3 is 11.1 Å². The molecule has 4 nitrogen and oxygen atoms in total. The highest BCUT2D eigenvalue weighted by Gasteiger charge is 2.15. The largest absolute Gasteiger partial charge is 0.388 e. The van der Waals surface area contributed by atoms with Gasteiger partial charge in [0.05, 0.1) is 0 Å². The highest BCUT2D eigenvalue weighted by Crippen LogP contribution is 2.20. The van der Waals surface area contributed by atoms with Crippen LogP contribution in [0.5, 0.6) is 0 Å². The Bertz CT molecular complexity index is 379. The molecule has 0 unspecified atom stereocenters. The molecule has 0 saturated heterocycles. The highest BCUT2D eigenvalue weighted by molar-refractivity contribution is 7.99. The molecule has 0 bridgehead atoms. The summed E-state index contributed by atoms with van der Waals surface area (Å²) in [5.41, 5.74) is 6.09. The van der Waals surface area contributed by atoms with Gasteiger partial charge in [0.15, 0.2) is 0 Å². The van der Waals surface area contributed by atoms with E-state index in [0.29, 0.717) is 11.6 Å². The van der Waals surface area contributed by atoms with Gasteiger partial charge in [-0.3, -0.25) is 0 Å². The number of nitrogens with two attached hydrogens (primary N) is 1. The van der Waals surface area contributed by atoms with Gasteiger partial charge in [-0.15, -0.1) is 0 Å². The number of nitrogens with zero attached hydrogens (tertiary/aromatic N) is 2. The van der Waals surface area contributed by atoms with Crippen molar-refractivity contribution in [3.8, 4) is 0 Å². The van der Waals surface area contributed by atoms with E-state index in [1.165, 1.54) is 0 Å². The Balaban J connectivity index is 2.68. The quantitative estimate of drug-likeness (QED) is 0.781. The minimum atomic E-state index is 0.141. The van der Waals surface area contributed by atoms with E-state index in [4.69, 9.17) is 18.0 Å². The van der Waals surface area contributed by atoms with Crippen molar-refractivity contribution in [1.29, 1.82) is 0 Å². The first kappa shape index (κ1) is 13.2. The first-order chi connectivity index (χ1) is 7.44. The predicted molar refractivity (Wildman–Crippen MR) is 74.0 cm³/mol. The second kappa shape index (κ2) is 5.45. The fraction of sp³-hybridized carbons (Fsp3) is 0.500. The SMILES string of the molecule is CSC(C)(C)CNc1nccc(C(N)=S)n1. The number of aromatic nitrogens is 2. The van der Waals surface area contributed by atoms with Crippen molar-refractivity contribution in [1.82, 2.24) is 9.97 Å². The zero-order valence-electron chi connectivity index (χ0n) is 9.65. The zero-order chi connectivity index (χ0) is 12.2. The average molecular weight is 256 g/mol. The third-order valence-electron chi connectivity index (χ3n) is 2.13. The summed E-state index contributed by atoms with van der Waals surface area (Å²) in [4.78, 5) is 8.61. The molecule has 0 atom stereocenters. The number of rotatable bonds is 5. The number of thiocarbonyl (C=S) groups is 1. The van der Waals surface area contributed by atoms with Crippen LogP contribution < -0.4 is 11.1 Å². The van der Waals surface area contributed by atoms with Gasteiger partial charge in [0, 0.05) is 17.5 Å². The summed E-state index contributed by atoms with van der Waals surface area (Å²) in [6.45, 7) is 5.10. The fourth-order valence-corrected chi connectivity index (χ4v) is 1.28. The Hall–Kier alpha value is -0.880. The van der Waals surface area contributed by atoms with Gasteiger partial charge >= 0.3 is 0 Å². The van der Waals surface area contributed by atoms with Gasteiger partial charge in [0.25, 0.3) is 0 Å². The van der Waals surface area contributed by atoms with Crippen LogP contribution in [0.25, 0.3) is 0 Å². The summed E-state index contributed by atoms with van der Waals surface area (Å²) in [6.07, 6.45) is 3.73. The van der Waals surface area contributed by atoms with E-state index >= 15 is 0 Å². The molecular formula is C10H16N4S2. The van der Waals surface area contributed by atoms with E-state index in [-0.39, 0.29) is 9.74 Å². The molecule has 0 amide bonds. The Morgan fingerprint density at radius 1 is 1.62 bits per heavy atom. The molecule has 1 aromatic heterocycles. The minimum absolute atomic E-state index is 0.141. The molecule has 1 aromatic rings. The van der Waals surface area contributed by atoms with Gasteiger partial charge in [-0.25, -0.2) is 9.97 Å². The number of anilines is 1. The first-order valence-electron chi connectivity index (χ1n) is 4.86. The number of thioether (sulfide) groups is 1. The lowest BCUT2D eigenvalue weighted by Crippen LogP contribution is -2.27. The van der Waals surface area contributed by atoms with Gasteiger partial charge in [-0.1, -0.05) is 12.2 Å². The molecule has 0 aromatic carbocycles. The van der Waals surface area contributed by atoms with Crippen LogP contribution in [0, 0.1) is 0 Å². The van der Waals surface area contributed by atoms with Crippen LogP contribution in [0.15, 0.2) is 12.3 Å². The Labute approximate surface area is 105 Å². The summed E-state index contributed by atoms with van der Waals surface area (Å²) in [6, 6.07) is 1.70. The average Bonchev–Trinajstić information content (AvgIpc) is 2.27. The van der Waals surface area contributed by atoms with Crippen LogP contribution in [-0.2, 0) is 0 Å². The maximum atomic E-state index is 5.50. The highest BCUT2D eigenvalue weighted by atomic mass is 32.2. The van der Waals surface area contributed by atoms with E-state index < -0.39 is 0 Å². The smallest absolute Gasteiger partial charge is 0.223 e. The fourth-order valence-electron chi connectivity index (χ4n) is 0.945. The van der Waals surface area contributed by atoms with E-state index in [0.717, 1.165) is 6.54 Å². The Morgan fingerprint density at radius 2 is 2.31 bits per heavy atom. The number of hydrogen-bond acceptors (Lipinski definition) is 5. The van der Waals surface area contributed by atoms with Crippen LogP contribution in [0.1, 0.15) is 19.5 Å². The van der Waals surface area contributed by atoms with Crippen LogP contribution in [0.2, 0.25) is 0 Å². The minimum Gasteiger partial charge on any atom is -0.388 e. The van der Waals surface area contributed by atoms with Gasteiger partial charge in [0.2, 0.25) is 5.95 Å². The molecule has 88 valence electrons. The van der Waals surface area contributed by atoms with E-state index in [1.807, 2.05) is 0 Å². The summed E-state index contributed by atoms with van der Waals surface area (Å²) in [7, 11) is 0. The topological polar surface area (TPSA) is 63.8 Å². The third-order valence-corrected chi connectivity index (χ3v) is 3.59. The van der Waals surface area contributed by atoms with Gasteiger partial charge in [-0.05, 0) is 26.2 Å². The molecule has 0 saturated carbocycles. The second-order valence-corrected chi connectivity index (χ2v) is 5.90. The van der Waals surface area contributed by atoms with Crippen molar-refractivity contribution >= 4 is 34.9 Å². The number of hydrogen-bond donors (Lipinski definition) is 2. The monoisotopic (exact) mass is 256 g/mol. The molecule has 0 radical (unpaired) electrons. The molecule has 1 heterocycles. The third kappa shape index (κ3) is 3.94. The predicted octanol–water partition coefficient (Wildman–Crippen LogP) is 1.66. The lowest BCUT2D eigenvalue weighted by atomic mass is 10.2. The van der Waals surface area contributed by atoms with Crippen molar-refractivity contribution in [3.63, 3.8) is 0 Å². The van der Waals surface area contributed by atoms with Crippen molar-refractivity contribution in [2.45, 2.75) is 18.6 Å². The zero-order valence-corrected chi connectivity index (χ0v) is 11.3. The summed E-state index contributed by atoms with van der Waals surface area (Å²) in [5, 5.41) is 3.17. The molecular weight excluding hydrogens is 240 g/mol. The Morgan fingerprint density at radius 3 is 2.88 bits per heavy atom. The second-order valence-electron chi connectivity index (χ2n) is 3.95. The standard InChI is InChI=1S/C10H16N4S2/c1-10(2,16-3)6-13-9-12-5-4-7(14-9)8(11)15/h4-5H,6H2,1-3H3,(H2,11,15)(H,12,13,14). The van der Waals surface area contributed by atoms with Crippen molar-refractivity contribution in [3.05, 3.63) is 18.0 Å². The van der Waals surface area contributed by atoms with E-state index in [9.17, 15) is 0 Å². The van der Waals surface area contributed by atoms with Crippen LogP contribution >= 0.6 is 24.0 Å². The normalized spacial score (nSPS) is 11.2. The Kier molecular flexibility index (Phi) is 4.49. The maximum Gasteiger partial charge on any atom is 0.223 e. The van der Waals surface area contributed by atoms with Gasteiger partial charge in [0.1, 0.15) is 10.7 Å². The lowest BCUT2D eigenvalue weighted by Gasteiger charge is -2.22. The maximum absolute atomic E-state index is 5.50. The van der Waals surface area contributed by atoms with E-state index in [2.05, 4.69) is 35.4 Å². The lowest BCUT2D eigenvalue weighted by molar-refractivity contribution is 0.746. The molecule has 1 rings (SSSR count). The van der Waals surface area contributed by atoms with E-state index in [1.54, 1.807) is 24.0 Å². The molecule has 16 heavy (non-hydrogen) atoms. The molecule has 6 heteroatoms. The van der Waals surface area contributed by atoms with Crippen molar-refractivity contribution in [2.75, 3.05) is 18.1 Å². The molecule has 0 spiro atoms. The summed E-state index contributed by atoms with van der Waals surface area (Å²) in [5.74, 6) is 0.562.